The van der Waals surface area contributed by atoms with E-state index in [2.05, 4.69) is 20.9 Å². The van der Waals surface area contributed by atoms with Crippen LogP contribution >= 0.6 is 23.2 Å². The molecule has 0 amide bonds. The van der Waals surface area contributed by atoms with Crippen LogP contribution in [0.2, 0.25) is 10.0 Å². The van der Waals surface area contributed by atoms with Crippen LogP contribution in [-0.4, -0.2) is 56.6 Å². The number of nitriles is 1. The van der Waals surface area contributed by atoms with E-state index in [1.807, 2.05) is 4.31 Å². The number of aromatic nitrogens is 2. The van der Waals surface area contributed by atoms with Crippen LogP contribution in [0.4, 0.5) is 11.5 Å². The second-order valence-electron chi connectivity index (χ2n) is 9.28. The van der Waals surface area contributed by atoms with Gasteiger partial charge in [0.25, 0.3) is 0 Å². The van der Waals surface area contributed by atoms with Crippen LogP contribution in [0.5, 0.6) is 5.75 Å². The largest absolute Gasteiger partial charge is 0.489 e. The fourth-order valence-electron chi connectivity index (χ4n) is 4.65. The van der Waals surface area contributed by atoms with E-state index in [0.717, 1.165) is 26.2 Å². The van der Waals surface area contributed by atoms with Crippen molar-refractivity contribution in [1.29, 1.82) is 10.7 Å². The number of nitrogen functional groups attached to an aromatic ring is 1. The van der Waals surface area contributed by atoms with E-state index in [1.165, 1.54) is 12.4 Å². The zero-order valence-electron chi connectivity index (χ0n) is 19.9. The highest BCUT2D eigenvalue weighted by Crippen LogP contribution is 2.42. The molecule has 190 valence electrons. The molecule has 12 heteroatoms. The van der Waals surface area contributed by atoms with Gasteiger partial charge in [0.2, 0.25) is 0 Å². The maximum atomic E-state index is 11.6. The van der Waals surface area contributed by atoms with Crippen LogP contribution in [0.3, 0.4) is 0 Å². The van der Waals surface area contributed by atoms with Crippen LogP contribution in [0, 0.1) is 22.2 Å². The summed E-state index contributed by atoms with van der Waals surface area (Å²) in [5.41, 5.74) is 8.73. The van der Waals surface area contributed by atoms with Gasteiger partial charge in [-0.1, -0.05) is 23.2 Å². The highest BCUT2D eigenvalue weighted by Gasteiger charge is 2.53. The predicted octanol–water partition coefficient (Wildman–Crippen LogP) is 3.65. The lowest BCUT2D eigenvalue weighted by Gasteiger charge is -2.59. The summed E-state index contributed by atoms with van der Waals surface area (Å²) in [6, 6.07) is 8.90. The molecular formula is C25H23Cl2N7O2S. The van der Waals surface area contributed by atoms with Gasteiger partial charge in [-0.3, -0.25) is 10.4 Å². The second-order valence-corrected chi connectivity index (χ2v) is 11.5. The summed E-state index contributed by atoms with van der Waals surface area (Å²) in [5, 5.41) is 19.4. The van der Waals surface area contributed by atoms with E-state index in [4.69, 9.17) is 39.1 Å². The quantitative estimate of drug-likeness (QED) is 0.335. The van der Waals surface area contributed by atoms with Gasteiger partial charge in [0.1, 0.15) is 24.2 Å². The number of hydrogen-bond acceptors (Lipinski definition) is 8. The third kappa shape index (κ3) is 4.88. The number of hydrogen-bond donors (Lipinski definition) is 2. The van der Waals surface area contributed by atoms with Gasteiger partial charge in [-0.05, 0) is 24.3 Å². The first kappa shape index (κ1) is 25.4. The van der Waals surface area contributed by atoms with Crippen LogP contribution in [0.25, 0.3) is 0 Å². The van der Waals surface area contributed by atoms with Gasteiger partial charge in [0.05, 0.1) is 32.3 Å². The highest BCUT2D eigenvalue weighted by molar-refractivity contribution is 7.81. The van der Waals surface area contributed by atoms with E-state index in [1.54, 1.807) is 36.7 Å². The molecule has 2 aliphatic rings. The second kappa shape index (κ2) is 9.91. The van der Waals surface area contributed by atoms with Crippen molar-refractivity contribution in [3.63, 3.8) is 0 Å². The molecule has 3 aromatic rings. The molecule has 2 fully saturated rings. The van der Waals surface area contributed by atoms with Crippen molar-refractivity contribution in [3.05, 3.63) is 75.2 Å². The maximum absolute atomic E-state index is 11.6. The molecule has 0 bridgehead atoms. The molecule has 4 heterocycles. The number of nitrogens with zero attached hydrogens (tertiary/aromatic N) is 5. The van der Waals surface area contributed by atoms with Crippen LogP contribution in [0.15, 0.2) is 42.9 Å². The molecule has 2 aromatic heterocycles. The number of nitrogens with two attached hydrogens (primary N) is 1. The first-order valence-corrected chi connectivity index (χ1v) is 13.6. The van der Waals surface area contributed by atoms with Crippen molar-refractivity contribution >= 4 is 51.4 Å². The molecule has 9 nitrogen and oxygen atoms in total. The van der Waals surface area contributed by atoms with Gasteiger partial charge in [-0.25, -0.2) is 13.5 Å². The number of nitrogens with one attached hydrogen (secondary N) is 1. The van der Waals surface area contributed by atoms with Crippen molar-refractivity contribution < 1.29 is 8.95 Å². The molecule has 0 aliphatic carbocycles. The lowest BCUT2D eigenvalue weighted by atomic mass is 9.74. The number of pyridine rings is 2. The summed E-state index contributed by atoms with van der Waals surface area (Å²) >= 11 is 12.3. The van der Waals surface area contributed by atoms with E-state index in [0.29, 0.717) is 49.6 Å². The van der Waals surface area contributed by atoms with Gasteiger partial charge in [-0.15, -0.1) is 0 Å². The van der Waals surface area contributed by atoms with E-state index < -0.39 is 11.0 Å². The molecule has 1 atom stereocenters. The highest BCUT2D eigenvalue weighted by atomic mass is 35.5. The van der Waals surface area contributed by atoms with E-state index in [-0.39, 0.29) is 17.7 Å². The lowest BCUT2D eigenvalue weighted by molar-refractivity contribution is 0.0434. The van der Waals surface area contributed by atoms with E-state index >= 15 is 0 Å². The Bertz CT molecular complexity index is 1440. The molecule has 0 saturated carbocycles. The number of halogens is 2. The third-order valence-corrected chi connectivity index (χ3v) is 8.28. The molecule has 1 unspecified atom stereocenters. The normalized spacial score (nSPS) is 17.0. The summed E-state index contributed by atoms with van der Waals surface area (Å²) in [4.78, 5) is 10.5. The van der Waals surface area contributed by atoms with Crippen molar-refractivity contribution in [3.8, 4) is 11.8 Å². The van der Waals surface area contributed by atoms with Gasteiger partial charge in [0.15, 0.2) is 0 Å². The fourth-order valence-corrected chi connectivity index (χ4v) is 6.04. The Morgan fingerprint density at radius 1 is 1.22 bits per heavy atom. The Balaban J connectivity index is 1.31. The molecule has 37 heavy (non-hydrogen) atoms. The SMILES string of the molecule is CS(=O)N1CC2(CN(c3ncc(C(=N)c4cc(OCc5c(Cl)cncc5Cl)ccc4N)cc3C#N)C2)C1. The summed E-state index contributed by atoms with van der Waals surface area (Å²) in [6.07, 6.45) is 6.26. The zero-order chi connectivity index (χ0) is 26.3. The minimum absolute atomic E-state index is 0.116. The molecule has 3 N–H and O–H groups in total. The van der Waals surface area contributed by atoms with Crippen LogP contribution in [-0.2, 0) is 17.6 Å². The van der Waals surface area contributed by atoms with Crippen molar-refractivity contribution in [1.82, 2.24) is 14.3 Å². The molecular weight excluding hydrogens is 533 g/mol. The number of ether oxygens (including phenoxy) is 1. The molecule has 1 aromatic carbocycles. The maximum Gasteiger partial charge on any atom is 0.146 e. The topological polar surface area (TPSA) is 132 Å². The molecule has 5 rings (SSSR count). The number of benzene rings is 1. The first-order chi connectivity index (χ1) is 17.7. The molecule has 1 spiro atoms. The zero-order valence-corrected chi connectivity index (χ0v) is 22.2. The van der Waals surface area contributed by atoms with Crippen molar-refractivity contribution in [2.45, 2.75) is 6.61 Å². The Morgan fingerprint density at radius 3 is 2.57 bits per heavy atom. The first-order valence-electron chi connectivity index (χ1n) is 11.3. The van der Waals surface area contributed by atoms with Crippen molar-refractivity contribution in [2.75, 3.05) is 43.1 Å². The predicted molar refractivity (Wildman–Crippen MR) is 145 cm³/mol. The molecule has 2 aliphatic heterocycles. The monoisotopic (exact) mass is 555 g/mol. The Hall–Kier alpha value is -3.23. The number of anilines is 2. The average Bonchev–Trinajstić information content (AvgIpc) is 2.82. The fraction of sp³-hybridized carbons (Fsp3) is 0.280. The van der Waals surface area contributed by atoms with E-state index in [9.17, 15) is 9.47 Å². The Kier molecular flexibility index (Phi) is 6.81. The van der Waals surface area contributed by atoms with Gasteiger partial charge >= 0.3 is 0 Å². The average molecular weight is 556 g/mol. The van der Waals surface area contributed by atoms with Gasteiger partial charge < -0.3 is 15.4 Å². The van der Waals surface area contributed by atoms with Gasteiger partial charge in [0, 0.05) is 78.8 Å². The third-order valence-electron chi connectivity index (χ3n) is 6.64. The minimum Gasteiger partial charge on any atom is -0.489 e. The minimum atomic E-state index is -0.954. The smallest absolute Gasteiger partial charge is 0.146 e. The van der Waals surface area contributed by atoms with Crippen molar-refractivity contribution in [2.24, 2.45) is 5.41 Å². The summed E-state index contributed by atoms with van der Waals surface area (Å²) in [5.74, 6) is 1.08. The van der Waals surface area contributed by atoms with Crippen LogP contribution < -0.4 is 15.4 Å². The van der Waals surface area contributed by atoms with Crippen LogP contribution in [0.1, 0.15) is 22.3 Å². The Morgan fingerprint density at radius 2 is 1.92 bits per heavy atom. The molecule has 2 saturated heterocycles. The van der Waals surface area contributed by atoms with Gasteiger partial charge in [-0.2, -0.15) is 5.26 Å². The lowest BCUT2D eigenvalue weighted by Crippen LogP contribution is -2.72. The summed E-state index contributed by atoms with van der Waals surface area (Å²) < 4.78 is 19.4. The standard InChI is InChI=1S/C25H23Cl2N7O2S/c1-37(35)34-13-25(14-34)11-33(12-25)24-15(6-28)4-16(7-32-24)23(30)18-5-17(2-3-22(18)29)36-10-19-20(26)8-31-9-21(19)27/h2-5,7-9,30H,10-14,29H2,1H3. The Labute approximate surface area is 226 Å². The number of rotatable bonds is 7. The molecule has 0 radical (unpaired) electrons. The summed E-state index contributed by atoms with van der Waals surface area (Å²) in [7, 11) is -0.954. The summed E-state index contributed by atoms with van der Waals surface area (Å²) in [6.45, 7) is 3.21.